The van der Waals surface area contributed by atoms with Crippen LogP contribution in [0.15, 0.2) is 32.9 Å². The zero-order valence-corrected chi connectivity index (χ0v) is 14.9. The summed E-state index contributed by atoms with van der Waals surface area (Å²) in [4.78, 5) is 16.1. The average molecular weight is 350 g/mol. The molecule has 0 saturated carbocycles. The lowest BCUT2D eigenvalue weighted by atomic mass is 10.1. The van der Waals surface area contributed by atoms with Gasteiger partial charge in [0.1, 0.15) is 0 Å². The number of aromatic amines is 1. The Morgan fingerprint density at radius 1 is 1.27 bits per heavy atom. The monoisotopic (exact) mass is 349 g/mol. The number of fused-ring (bicyclic) bond motifs is 1. The SMILES string of the molecule is CSc1nnc(SC(C)C(=O)c2c(C)[nH]c3ccccc23)s1. The molecule has 7 heteroatoms. The molecule has 0 spiro atoms. The second-order valence-corrected chi connectivity index (χ2v) is 8.45. The second-order valence-electron chi connectivity index (χ2n) is 4.83. The Morgan fingerprint density at radius 2 is 2.00 bits per heavy atom. The Hall–Kier alpha value is -1.31. The molecule has 0 saturated heterocycles. The summed E-state index contributed by atoms with van der Waals surface area (Å²) in [5.41, 5.74) is 2.70. The molecule has 114 valence electrons. The minimum Gasteiger partial charge on any atom is -0.358 e. The molecule has 2 aromatic heterocycles. The van der Waals surface area contributed by atoms with E-state index < -0.39 is 0 Å². The number of carbonyl (C=O) groups excluding carboxylic acids is 1. The molecule has 0 fully saturated rings. The summed E-state index contributed by atoms with van der Waals surface area (Å²) in [6.45, 7) is 3.87. The molecule has 0 aliphatic heterocycles. The Bertz CT molecular complexity index is 824. The highest BCUT2D eigenvalue weighted by Gasteiger charge is 2.23. The lowest BCUT2D eigenvalue weighted by Gasteiger charge is -2.08. The molecule has 0 amide bonds. The predicted molar refractivity (Wildman–Crippen MR) is 94.4 cm³/mol. The Balaban J connectivity index is 1.87. The molecule has 0 aliphatic rings. The molecule has 0 radical (unpaired) electrons. The molecule has 4 nitrogen and oxygen atoms in total. The first kappa shape index (κ1) is 15.6. The summed E-state index contributed by atoms with van der Waals surface area (Å²) >= 11 is 4.57. The molecule has 3 rings (SSSR count). The number of H-pyrrole nitrogens is 1. The van der Waals surface area contributed by atoms with Crippen LogP contribution in [0.4, 0.5) is 0 Å². The van der Waals surface area contributed by atoms with E-state index in [0.29, 0.717) is 0 Å². The van der Waals surface area contributed by atoms with Crippen LogP contribution in [0.2, 0.25) is 0 Å². The van der Waals surface area contributed by atoms with Crippen molar-refractivity contribution in [2.75, 3.05) is 6.26 Å². The lowest BCUT2D eigenvalue weighted by Crippen LogP contribution is -2.14. The van der Waals surface area contributed by atoms with Gasteiger partial charge >= 0.3 is 0 Å². The van der Waals surface area contributed by atoms with E-state index in [-0.39, 0.29) is 11.0 Å². The van der Waals surface area contributed by atoms with E-state index in [1.54, 1.807) is 11.8 Å². The van der Waals surface area contributed by atoms with Gasteiger partial charge in [-0.1, -0.05) is 53.1 Å². The van der Waals surface area contributed by atoms with Gasteiger partial charge in [-0.05, 0) is 26.2 Å². The number of carbonyl (C=O) groups is 1. The number of nitrogens with one attached hydrogen (secondary N) is 1. The van der Waals surface area contributed by atoms with Crippen molar-refractivity contribution in [2.45, 2.75) is 27.8 Å². The quantitative estimate of drug-likeness (QED) is 0.546. The van der Waals surface area contributed by atoms with Gasteiger partial charge < -0.3 is 4.98 Å². The first-order valence-corrected chi connectivity index (χ1v) is 9.68. The summed E-state index contributed by atoms with van der Waals surface area (Å²) in [5, 5.41) is 8.99. The van der Waals surface area contributed by atoms with Crippen molar-refractivity contribution < 1.29 is 4.79 Å². The number of hydrogen-bond donors (Lipinski definition) is 1. The van der Waals surface area contributed by atoms with Crippen LogP contribution >= 0.6 is 34.9 Å². The number of Topliss-reactive ketones (excluding diaryl/α,β-unsaturated/α-hetero) is 1. The number of nitrogens with zero attached hydrogens (tertiary/aromatic N) is 2. The van der Waals surface area contributed by atoms with Gasteiger partial charge in [-0.15, -0.1) is 10.2 Å². The van der Waals surface area contributed by atoms with E-state index in [9.17, 15) is 4.79 Å². The van der Waals surface area contributed by atoms with Gasteiger partial charge in [-0.25, -0.2) is 0 Å². The third kappa shape index (κ3) is 2.93. The highest BCUT2D eigenvalue weighted by Crippen LogP contribution is 2.33. The molecule has 0 aliphatic carbocycles. The summed E-state index contributed by atoms with van der Waals surface area (Å²) in [6, 6.07) is 7.90. The van der Waals surface area contributed by atoms with Crippen molar-refractivity contribution in [1.82, 2.24) is 15.2 Å². The van der Waals surface area contributed by atoms with E-state index >= 15 is 0 Å². The van der Waals surface area contributed by atoms with E-state index in [4.69, 9.17) is 0 Å². The number of para-hydroxylation sites is 1. The van der Waals surface area contributed by atoms with Gasteiger partial charge in [0.25, 0.3) is 0 Å². The van der Waals surface area contributed by atoms with Gasteiger partial charge in [0, 0.05) is 22.2 Å². The van der Waals surface area contributed by atoms with Crippen molar-refractivity contribution >= 4 is 51.5 Å². The highest BCUT2D eigenvalue weighted by molar-refractivity contribution is 8.03. The maximum atomic E-state index is 12.8. The zero-order valence-electron chi connectivity index (χ0n) is 12.4. The molecular formula is C15H15N3OS3. The fourth-order valence-electron chi connectivity index (χ4n) is 2.33. The van der Waals surface area contributed by atoms with Crippen LogP contribution in [0.1, 0.15) is 23.0 Å². The van der Waals surface area contributed by atoms with Gasteiger partial charge in [0.15, 0.2) is 14.5 Å². The van der Waals surface area contributed by atoms with Gasteiger partial charge in [0.2, 0.25) is 0 Å². The van der Waals surface area contributed by atoms with Gasteiger partial charge in [-0.3, -0.25) is 4.79 Å². The molecule has 1 atom stereocenters. The minimum absolute atomic E-state index is 0.126. The number of hydrogen-bond acceptors (Lipinski definition) is 6. The molecule has 22 heavy (non-hydrogen) atoms. The van der Waals surface area contributed by atoms with E-state index in [0.717, 1.165) is 30.8 Å². The zero-order chi connectivity index (χ0) is 15.7. The summed E-state index contributed by atoms with van der Waals surface area (Å²) < 4.78 is 1.76. The molecule has 1 unspecified atom stereocenters. The number of ketones is 1. The Labute approximate surface area is 141 Å². The van der Waals surface area contributed by atoms with E-state index in [1.165, 1.54) is 23.1 Å². The molecule has 1 aromatic carbocycles. The molecule has 1 N–H and O–H groups in total. The fourth-order valence-corrected chi connectivity index (χ4v) is 4.97. The highest BCUT2D eigenvalue weighted by atomic mass is 32.2. The van der Waals surface area contributed by atoms with Crippen LogP contribution in [0.5, 0.6) is 0 Å². The van der Waals surface area contributed by atoms with Crippen molar-refractivity contribution in [3.05, 3.63) is 35.5 Å². The fraction of sp³-hybridized carbons (Fsp3) is 0.267. The largest absolute Gasteiger partial charge is 0.358 e. The number of rotatable bonds is 5. The predicted octanol–water partition coefficient (Wildman–Crippen LogP) is 4.41. The minimum atomic E-state index is -0.194. The van der Waals surface area contributed by atoms with Crippen molar-refractivity contribution in [3.63, 3.8) is 0 Å². The maximum Gasteiger partial charge on any atom is 0.178 e. The van der Waals surface area contributed by atoms with Gasteiger partial charge in [0.05, 0.1) is 5.25 Å². The molecule has 0 bridgehead atoms. The lowest BCUT2D eigenvalue weighted by molar-refractivity contribution is 0.0995. The molecule has 2 heterocycles. The molecule has 3 aromatic rings. The van der Waals surface area contributed by atoms with Crippen molar-refractivity contribution in [3.8, 4) is 0 Å². The standard InChI is InChI=1S/C15H15N3OS3/c1-8-12(10-6-4-5-7-11(10)16-8)13(19)9(2)21-15-18-17-14(20-3)22-15/h4-7,9,16H,1-3H3. The number of aromatic nitrogens is 3. The summed E-state index contributed by atoms with van der Waals surface area (Å²) in [7, 11) is 0. The van der Waals surface area contributed by atoms with Crippen molar-refractivity contribution in [2.24, 2.45) is 0 Å². The third-order valence-corrected chi connectivity index (χ3v) is 6.43. The van der Waals surface area contributed by atoms with Crippen LogP contribution in [0.3, 0.4) is 0 Å². The Morgan fingerprint density at radius 3 is 2.73 bits per heavy atom. The van der Waals surface area contributed by atoms with Crippen LogP contribution in [-0.2, 0) is 0 Å². The smallest absolute Gasteiger partial charge is 0.178 e. The third-order valence-electron chi connectivity index (χ3n) is 3.35. The van der Waals surface area contributed by atoms with E-state index in [2.05, 4.69) is 15.2 Å². The van der Waals surface area contributed by atoms with Crippen LogP contribution in [0.25, 0.3) is 10.9 Å². The number of benzene rings is 1. The number of thioether (sulfide) groups is 2. The normalized spacial score (nSPS) is 12.7. The summed E-state index contributed by atoms with van der Waals surface area (Å²) in [5.74, 6) is 0.126. The second kappa shape index (κ2) is 6.44. The van der Waals surface area contributed by atoms with Crippen LogP contribution in [0, 0.1) is 6.92 Å². The van der Waals surface area contributed by atoms with Crippen LogP contribution in [-0.4, -0.2) is 32.5 Å². The summed E-state index contributed by atoms with van der Waals surface area (Å²) in [6.07, 6.45) is 1.97. The van der Waals surface area contributed by atoms with Gasteiger partial charge in [-0.2, -0.15) is 0 Å². The van der Waals surface area contributed by atoms with E-state index in [1.807, 2.05) is 44.4 Å². The first-order chi connectivity index (χ1) is 10.6. The first-order valence-electron chi connectivity index (χ1n) is 6.76. The average Bonchev–Trinajstić information content (AvgIpc) is 3.09. The van der Waals surface area contributed by atoms with Crippen LogP contribution < -0.4 is 0 Å². The van der Waals surface area contributed by atoms with Crippen molar-refractivity contribution in [1.29, 1.82) is 0 Å². The number of aryl methyl sites for hydroxylation is 1. The topological polar surface area (TPSA) is 58.6 Å². The maximum absolute atomic E-state index is 12.8. The molecular weight excluding hydrogens is 334 g/mol. The Kier molecular flexibility index (Phi) is 4.56.